The summed E-state index contributed by atoms with van der Waals surface area (Å²) in [5.74, 6) is -0.466. The molecule has 0 amide bonds. The molecule has 1 aliphatic rings. The second-order valence-corrected chi connectivity index (χ2v) is 4.42. The molecule has 5 heteroatoms. The Morgan fingerprint density at radius 1 is 1.39 bits per heavy atom. The van der Waals surface area contributed by atoms with Crippen molar-refractivity contribution in [2.75, 3.05) is 26.2 Å². The van der Waals surface area contributed by atoms with E-state index in [0.29, 0.717) is 12.4 Å². The quantitative estimate of drug-likeness (QED) is 0.617. The Hall–Kier alpha value is -1.62. The molecule has 0 bridgehead atoms. The number of halogens is 1. The van der Waals surface area contributed by atoms with Crippen molar-refractivity contribution in [1.29, 1.82) is 5.41 Å². The largest absolute Gasteiger partial charge is 0.491 e. The van der Waals surface area contributed by atoms with E-state index in [9.17, 15) is 4.39 Å². The fourth-order valence-corrected chi connectivity index (χ4v) is 2.18. The van der Waals surface area contributed by atoms with E-state index in [4.69, 9.17) is 15.9 Å². The third-order valence-corrected chi connectivity index (χ3v) is 3.11. The summed E-state index contributed by atoms with van der Waals surface area (Å²) in [4.78, 5) is 2.31. The molecule has 1 fully saturated rings. The maximum atomic E-state index is 13.5. The van der Waals surface area contributed by atoms with E-state index in [0.717, 1.165) is 19.6 Å². The third-order valence-electron chi connectivity index (χ3n) is 3.11. The van der Waals surface area contributed by atoms with Crippen LogP contribution in [0.25, 0.3) is 0 Å². The summed E-state index contributed by atoms with van der Waals surface area (Å²) in [6, 6.07) is 4.49. The van der Waals surface area contributed by atoms with Gasteiger partial charge in [0, 0.05) is 6.54 Å². The van der Waals surface area contributed by atoms with Crippen molar-refractivity contribution >= 4 is 5.84 Å². The lowest BCUT2D eigenvalue weighted by Crippen LogP contribution is -2.25. The molecule has 0 radical (unpaired) electrons. The first kappa shape index (κ1) is 12.8. The highest BCUT2D eigenvalue weighted by Gasteiger charge is 2.14. The molecule has 1 aromatic carbocycles. The maximum absolute atomic E-state index is 13.5. The zero-order valence-corrected chi connectivity index (χ0v) is 10.3. The van der Waals surface area contributed by atoms with E-state index in [1.54, 1.807) is 12.1 Å². The standard InChI is InChI=1S/C13H18FN3O/c14-10-4-3-5-11(12(10)13(15)16)18-9-8-17-6-1-2-7-17/h3-5H,1-2,6-9H2,(H3,15,16). The molecule has 98 valence electrons. The van der Waals surface area contributed by atoms with Crippen molar-refractivity contribution in [3.8, 4) is 5.75 Å². The molecule has 0 spiro atoms. The Kier molecular flexibility index (Phi) is 4.15. The van der Waals surface area contributed by atoms with Gasteiger partial charge in [-0.15, -0.1) is 0 Å². The lowest BCUT2D eigenvalue weighted by atomic mass is 10.1. The number of nitrogens with two attached hydrogens (primary N) is 1. The summed E-state index contributed by atoms with van der Waals surface area (Å²) in [5, 5.41) is 7.37. The van der Waals surface area contributed by atoms with Crippen LogP contribution in [0.2, 0.25) is 0 Å². The lowest BCUT2D eigenvalue weighted by molar-refractivity contribution is 0.237. The number of likely N-dealkylation sites (tertiary alicyclic amines) is 1. The minimum Gasteiger partial charge on any atom is -0.491 e. The summed E-state index contributed by atoms with van der Waals surface area (Å²) >= 11 is 0. The number of nitrogens with zero attached hydrogens (tertiary/aromatic N) is 1. The minimum atomic E-state index is -0.513. The van der Waals surface area contributed by atoms with Crippen LogP contribution < -0.4 is 10.5 Å². The number of hydrogen-bond acceptors (Lipinski definition) is 3. The van der Waals surface area contributed by atoms with Crippen LogP contribution in [0, 0.1) is 11.2 Å². The highest BCUT2D eigenvalue weighted by molar-refractivity contribution is 5.97. The predicted molar refractivity (Wildman–Crippen MR) is 68.6 cm³/mol. The SMILES string of the molecule is N=C(N)c1c(F)cccc1OCCN1CCCC1. The molecule has 0 aliphatic carbocycles. The van der Waals surface area contributed by atoms with Crippen LogP contribution >= 0.6 is 0 Å². The van der Waals surface area contributed by atoms with Gasteiger partial charge in [-0.25, -0.2) is 4.39 Å². The van der Waals surface area contributed by atoms with E-state index >= 15 is 0 Å². The van der Waals surface area contributed by atoms with E-state index in [2.05, 4.69) is 4.90 Å². The van der Waals surface area contributed by atoms with E-state index in [1.807, 2.05) is 0 Å². The predicted octanol–water partition coefficient (Wildman–Crippen LogP) is 1.58. The molecule has 1 saturated heterocycles. The second kappa shape index (κ2) is 5.82. The van der Waals surface area contributed by atoms with Gasteiger partial charge in [0.25, 0.3) is 0 Å². The number of ether oxygens (including phenoxy) is 1. The average Bonchev–Trinajstić information content (AvgIpc) is 2.81. The number of hydrogen-bond donors (Lipinski definition) is 2. The maximum Gasteiger partial charge on any atom is 0.137 e. The molecular weight excluding hydrogens is 233 g/mol. The van der Waals surface area contributed by atoms with Crippen molar-refractivity contribution in [2.45, 2.75) is 12.8 Å². The van der Waals surface area contributed by atoms with Crippen LogP contribution in [0.4, 0.5) is 4.39 Å². The Balaban J connectivity index is 1.96. The van der Waals surface area contributed by atoms with Crippen LogP contribution in [0.3, 0.4) is 0 Å². The fourth-order valence-electron chi connectivity index (χ4n) is 2.18. The summed E-state index contributed by atoms with van der Waals surface area (Å²) in [5.41, 5.74) is 5.42. The van der Waals surface area contributed by atoms with E-state index in [1.165, 1.54) is 18.9 Å². The minimum absolute atomic E-state index is 0.0546. The van der Waals surface area contributed by atoms with Gasteiger partial charge in [-0.1, -0.05) is 6.07 Å². The molecule has 3 N–H and O–H groups in total. The van der Waals surface area contributed by atoms with Gasteiger partial charge in [0.2, 0.25) is 0 Å². The monoisotopic (exact) mass is 251 g/mol. The van der Waals surface area contributed by atoms with Gasteiger partial charge >= 0.3 is 0 Å². The molecule has 1 heterocycles. The smallest absolute Gasteiger partial charge is 0.137 e. The van der Waals surface area contributed by atoms with Crippen molar-refractivity contribution in [2.24, 2.45) is 5.73 Å². The molecule has 0 aromatic heterocycles. The van der Waals surface area contributed by atoms with Gasteiger partial charge in [-0.2, -0.15) is 0 Å². The van der Waals surface area contributed by atoms with Gasteiger partial charge < -0.3 is 10.5 Å². The van der Waals surface area contributed by atoms with Gasteiger partial charge in [0.1, 0.15) is 24.0 Å². The number of amidine groups is 1. The van der Waals surface area contributed by atoms with E-state index in [-0.39, 0.29) is 11.4 Å². The van der Waals surface area contributed by atoms with Gasteiger partial charge in [0.05, 0.1) is 5.56 Å². The lowest BCUT2D eigenvalue weighted by Gasteiger charge is -2.16. The van der Waals surface area contributed by atoms with Gasteiger partial charge in [-0.3, -0.25) is 10.3 Å². The molecule has 4 nitrogen and oxygen atoms in total. The number of rotatable bonds is 5. The van der Waals surface area contributed by atoms with Crippen LogP contribution in [-0.2, 0) is 0 Å². The first-order valence-electron chi connectivity index (χ1n) is 6.16. The molecule has 0 unspecified atom stereocenters. The van der Waals surface area contributed by atoms with Crippen molar-refractivity contribution in [3.63, 3.8) is 0 Å². The molecule has 0 atom stereocenters. The Labute approximate surface area is 106 Å². The Bertz CT molecular complexity index is 430. The van der Waals surface area contributed by atoms with Crippen LogP contribution in [0.15, 0.2) is 18.2 Å². The van der Waals surface area contributed by atoms with Crippen molar-refractivity contribution in [1.82, 2.24) is 4.90 Å². The Morgan fingerprint density at radius 3 is 2.78 bits per heavy atom. The number of nitrogens with one attached hydrogen (secondary N) is 1. The molecule has 1 aromatic rings. The highest BCUT2D eigenvalue weighted by atomic mass is 19.1. The van der Waals surface area contributed by atoms with Crippen LogP contribution in [-0.4, -0.2) is 37.0 Å². The number of benzene rings is 1. The normalized spacial score (nSPS) is 15.8. The second-order valence-electron chi connectivity index (χ2n) is 4.42. The third kappa shape index (κ3) is 2.98. The summed E-state index contributed by atoms with van der Waals surface area (Å²) in [6.45, 7) is 3.52. The van der Waals surface area contributed by atoms with Crippen molar-refractivity contribution in [3.05, 3.63) is 29.6 Å². The number of nitrogen functional groups attached to an aromatic ring is 1. The zero-order valence-electron chi connectivity index (χ0n) is 10.3. The first-order valence-corrected chi connectivity index (χ1v) is 6.16. The molecular formula is C13H18FN3O. The Morgan fingerprint density at radius 2 is 2.11 bits per heavy atom. The summed E-state index contributed by atoms with van der Waals surface area (Å²) in [7, 11) is 0. The average molecular weight is 251 g/mol. The van der Waals surface area contributed by atoms with Crippen LogP contribution in [0.1, 0.15) is 18.4 Å². The van der Waals surface area contributed by atoms with Crippen LogP contribution in [0.5, 0.6) is 5.75 Å². The van der Waals surface area contributed by atoms with Crippen molar-refractivity contribution < 1.29 is 9.13 Å². The van der Waals surface area contributed by atoms with Gasteiger partial charge in [-0.05, 0) is 38.1 Å². The van der Waals surface area contributed by atoms with E-state index < -0.39 is 5.82 Å². The summed E-state index contributed by atoms with van der Waals surface area (Å²) in [6.07, 6.45) is 2.47. The molecule has 1 aliphatic heterocycles. The zero-order chi connectivity index (χ0) is 13.0. The topological polar surface area (TPSA) is 62.3 Å². The molecule has 2 rings (SSSR count). The molecule has 18 heavy (non-hydrogen) atoms. The first-order chi connectivity index (χ1) is 8.68. The molecule has 0 saturated carbocycles. The van der Waals surface area contributed by atoms with Gasteiger partial charge in [0.15, 0.2) is 0 Å². The fraction of sp³-hybridized carbons (Fsp3) is 0.462. The summed E-state index contributed by atoms with van der Waals surface area (Å²) < 4.78 is 19.1. The highest BCUT2D eigenvalue weighted by Crippen LogP contribution is 2.21.